The number of carbonyl (C=O) groups excluding carboxylic acids is 1. The van der Waals surface area contributed by atoms with Crippen molar-refractivity contribution in [2.75, 3.05) is 26.4 Å². The molecule has 19 nitrogen and oxygen atoms in total. The molecule has 0 bridgehead atoms. The summed E-state index contributed by atoms with van der Waals surface area (Å²) in [5.74, 6) is -0.275. The first-order valence-corrected chi connectivity index (χ1v) is 46.1. The maximum absolute atomic E-state index is 13.5. The molecular formula is C95H167NO18. The molecule has 0 saturated carbocycles. The lowest BCUT2D eigenvalue weighted by Gasteiger charge is -2.48. The Morgan fingerprint density at radius 2 is 0.605 bits per heavy atom. The highest BCUT2D eigenvalue weighted by Gasteiger charge is 2.54. The van der Waals surface area contributed by atoms with Gasteiger partial charge in [0.2, 0.25) is 5.91 Å². The van der Waals surface area contributed by atoms with Crippen LogP contribution >= 0.6 is 0 Å². The normalized spacial score (nSPS) is 25.2. The van der Waals surface area contributed by atoms with Gasteiger partial charge in [-0.25, -0.2) is 0 Å². The number of carbonyl (C=O) groups is 1. The van der Waals surface area contributed by atoms with Crippen LogP contribution in [0.1, 0.15) is 354 Å². The Hall–Kier alpha value is -3.55. The van der Waals surface area contributed by atoms with Gasteiger partial charge < -0.3 is 89.9 Å². The van der Waals surface area contributed by atoms with Gasteiger partial charge in [-0.1, -0.05) is 374 Å². The van der Waals surface area contributed by atoms with Crippen molar-refractivity contribution in [3.63, 3.8) is 0 Å². The van der Waals surface area contributed by atoms with Crippen LogP contribution in [-0.2, 0) is 33.2 Å². The fourth-order valence-electron chi connectivity index (χ4n) is 15.0. The van der Waals surface area contributed by atoms with Crippen molar-refractivity contribution < 1.29 is 89.4 Å². The number of aliphatic hydroxyl groups is 11. The van der Waals surface area contributed by atoms with Crippen molar-refractivity contribution in [1.82, 2.24) is 5.32 Å². The standard InChI is InChI=1S/C95H167NO18/c1-3-5-7-9-11-13-15-17-19-21-23-25-27-29-31-33-35-36-37-38-39-40-41-42-43-45-47-49-51-53-55-57-59-61-63-65-67-69-71-73-83(101)96-78(79(100)72-70-68-66-64-62-60-58-56-54-52-50-48-46-44-34-32-30-28-26-24-22-20-18-16-14-12-10-8-6-4-2)77-109-93-89(107)86(104)91(81(75-98)111-93)114-95-90(108)87(105)92(82(76-99)112-95)113-94-88(106)85(103)84(102)80(74-97)110-94/h5,7,11,13,17,19,23,25,29,31,35-36,38-39,41-42,70,72,78-82,84-95,97-100,102-108H,3-4,6,8-10,12,14-16,18,20-22,24,26-28,30,32-34,37,40,43-69,71,73-77H2,1-2H3,(H,96,101)/b7-5-,13-11-,19-17-,25-23-,31-29-,36-35-,39-38-,42-41-,72-70+. The molecule has 17 unspecified atom stereocenters. The monoisotopic (exact) mass is 1610 g/mol. The second-order valence-electron chi connectivity index (χ2n) is 32.4. The van der Waals surface area contributed by atoms with E-state index in [0.29, 0.717) is 6.42 Å². The molecule has 17 atom stereocenters. The van der Waals surface area contributed by atoms with Crippen LogP contribution in [-0.4, -0.2) is 193 Å². The SMILES string of the molecule is CC/C=C\C/C=C\C/C=C\C/C=C\C/C=C\C/C=C\C/C=C\C/C=C\CCCCCCCCCCCCCCCCC(=O)NC(COC1OC(CO)C(OC2OC(CO)C(OC3OC(CO)C(O)C(O)C3O)C(O)C2O)C(O)C1O)C(O)/C=C/CCCCCCCCCCCCCCCCCCCCCCCCCCCCCC. The Kier molecular flexibility index (Phi) is 67.4. The molecule has 3 aliphatic rings. The number of unbranched alkanes of at least 4 members (excludes halogenated alkanes) is 42. The lowest BCUT2D eigenvalue weighted by atomic mass is 9.96. The number of hydrogen-bond donors (Lipinski definition) is 12. The summed E-state index contributed by atoms with van der Waals surface area (Å²) in [7, 11) is 0. The van der Waals surface area contributed by atoms with Crippen molar-refractivity contribution in [3.05, 3.63) is 109 Å². The fourth-order valence-corrected chi connectivity index (χ4v) is 15.0. The third kappa shape index (κ3) is 51.2. The summed E-state index contributed by atoms with van der Waals surface area (Å²) in [6.07, 6.45) is 76.6. The number of rotatable bonds is 74. The van der Waals surface area contributed by atoms with Crippen molar-refractivity contribution in [1.29, 1.82) is 0 Å². The molecule has 0 radical (unpaired) electrons. The van der Waals surface area contributed by atoms with E-state index in [-0.39, 0.29) is 18.9 Å². The van der Waals surface area contributed by atoms with E-state index in [4.69, 9.17) is 28.4 Å². The third-order valence-electron chi connectivity index (χ3n) is 22.3. The second kappa shape index (κ2) is 73.4. The van der Waals surface area contributed by atoms with Crippen LogP contribution in [0.15, 0.2) is 109 Å². The predicted octanol–water partition coefficient (Wildman–Crippen LogP) is 18.0. The summed E-state index contributed by atoms with van der Waals surface area (Å²) in [5.41, 5.74) is 0. The van der Waals surface area contributed by atoms with Crippen molar-refractivity contribution >= 4 is 5.91 Å². The van der Waals surface area contributed by atoms with Crippen LogP contribution in [0.2, 0.25) is 0 Å². The largest absolute Gasteiger partial charge is 0.394 e. The Morgan fingerprint density at radius 3 is 0.947 bits per heavy atom. The minimum absolute atomic E-state index is 0.238. The first-order valence-electron chi connectivity index (χ1n) is 46.1. The Balaban J connectivity index is 1.32. The predicted molar refractivity (Wildman–Crippen MR) is 461 cm³/mol. The molecule has 0 aromatic carbocycles. The first kappa shape index (κ1) is 105. The van der Waals surface area contributed by atoms with Crippen LogP contribution < -0.4 is 5.32 Å². The number of aliphatic hydroxyl groups excluding tert-OH is 11. The van der Waals surface area contributed by atoms with Crippen LogP contribution in [0.25, 0.3) is 0 Å². The van der Waals surface area contributed by atoms with Gasteiger partial charge in [-0.3, -0.25) is 4.79 Å². The number of ether oxygens (including phenoxy) is 6. The molecular weight excluding hydrogens is 1440 g/mol. The Morgan fingerprint density at radius 1 is 0.325 bits per heavy atom. The third-order valence-corrected chi connectivity index (χ3v) is 22.3. The average Bonchev–Trinajstić information content (AvgIpc) is 0.783. The van der Waals surface area contributed by atoms with E-state index in [2.05, 4.69) is 116 Å². The van der Waals surface area contributed by atoms with Gasteiger partial charge in [0.05, 0.1) is 38.6 Å². The highest BCUT2D eigenvalue weighted by atomic mass is 16.8. The van der Waals surface area contributed by atoms with Gasteiger partial charge >= 0.3 is 0 Å². The van der Waals surface area contributed by atoms with E-state index < -0.39 is 124 Å². The zero-order chi connectivity index (χ0) is 82.4. The Labute approximate surface area is 691 Å². The summed E-state index contributed by atoms with van der Waals surface area (Å²) < 4.78 is 34.5. The highest BCUT2D eigenvalue weighted by Crippen LogP contribution is 2.34. The lowest BCUT2D eigenvalue weighted by molar-refractivity contribution is -0.379. The molecule has 3 fully saturated rings. The van der Waals surface area contributed by atoms with Crippen LogP contribution in [0.3, 0.4) is 0 Å². The second-order valence-corrected chi connectivity index (χ2v) is 32.4. The van der Waals surface area contributed by atoms with Gasteiger partial charge in [-0.05, 0) is 83.5 Å². The molecule has 0 aromatic rings. The van der Waals surface area contributed by atoms with Crippen molar-refractivity contribution in [3.8, 4) is 0 Å². The van der Waals surface area contributed by atoms with Gasteiger partial charge in [0.25, 0.3) is 0 Å². The quantitative estimate of drug-likeness (QED) is 0.0199. The first-order chi connectivity index (χ1) is 55.8. The van der Waals surface area contributed by atoms with Gasteiger partial charge in [0, 0.05) is 6.42 Å². The molecule has 1 amide bonds. The molecule has 0 aromatic heterocycles. The lowest BCUT2D eigenvalue weighted by Crippen LogP contribution is -2.66. The zero-order valence-electron chi connectivity index (χ0n) is 71.3. The van der Waals surface area contributed by atoms with Crippen molar-refractivity contribution in [2.45, 2.75) is 458 Å². The van der Waals surface area contributed by atoms with Gasteiger partial charge in [-0.2, -0.15) is 0 Å². The van der Waals surface area contributed by atoms with Crippen LogP contribution in [0.5, 0.6) is 0 Å². The summed E-state index contributed by atoms with van der Waals surface area (Å²) in [5, 5.41) is 121. The number of hydrogen-bond acceptors (Lipinski definition) is 18. The minimum Gasteiger partial charge on any atom is -0.394 e. The minimum atomic E-state index is -1.98. The summed E-state index contributed by atoms with van der Waals surface area (Å²) in [6.45, 7) is 1.67. The van der Waals surface area contributed by atoms with E-state index >= 15 is 0 Å². The number of amides is 1. The maximum atomic E-state index is 13.5. The van der Waals surface area contributed by atoms with E-state index in [0.717, 1.165) is 103 Å². The van der Waals surface area contributed by atoms with Crippen molar-refractivity contribution in [2.24, 2.45) is 0 Å². The Bertz CT molecular complexity index is 2480. The molecule has 12 N–H and O–H groups in total. The zero-order valence-corrected chi connectivity index (χ0v) is 71.3. The molecule has 3 saturated heterocycles. The van der Waals surface area contributed by atoms with E-state index in [1.54, 1.807) is 6.08 Å². The van der Waals surface area contributed by atoms with Crippen LogP contribution in [0, 0.1) is 0 Å². The maximum Gasteiger partial charge on any atom is 0.220 e. The number of allylic oxidation sites excluding steroid dienone is 17. The molecule has 3 aliphatic heterocycles. The molecule has 0 aliphatic carbocycles. The topological polar surface area (TPSA) is 307 Å². The molecule has 19 heteroatoms. The smallest absolute Gasteiger partial charge is 0.220 e. The van der Waals surface area contributed by atoms with E-state index in [9.17, 15) is 61.0 Å². The number of nitrogens with one attached hydrogen (secondary N) is 1. The molecule has 660 valence electrons. The summed E-state index contributed by atoms with van der Waals surface area (Å²) in [4.78, 5) is 13.5. The van der Waals surface area contributed by atoms with Gasteiger partial charge in [0.15, 0.2) is 18.9 Å². The summed E-state index contributed by atoms with van der Waals surface area (Å²) >= 11 is 0. The average molecular weight is 1610 g/mol. The summed E-state index contributed by atoms with van der Waals surface area (Å²) in [6, 6.07) is -0.982. The van der Waals surface area contributed by atoms with E-state index in [1.807, 2.05) is 6.08 Å². The molecule has 3 heterocycles. The molecule has 0 spiro atoms. The highest BCUT2D eigenvalue weighted by molar-refractivity contribution is 5.76. The molecule has 3 rings (SSSR count). The fraction of sp³-hybridized carbons (Fsp3) is 0.800. The van der Waals surface area contributed by atoms with Gasteiger partial charge in [0.1, 0.15) is 73.2 Å². The van der Waals surface area contributed by atoms with Gasteiger partial charge in [-0.15, -0.1) is 0 Å². The van der Waals surface area contributed by atoms with E-state index in [1.165, 1.54) is 225 Å². The van der Waals surface area contributed by atoms with Crippen LogP contribution in [0.4, 0.5) is 0 Å². The molecule has 114 heavy (non-hydrogen) atoms.